The van der Waals surface area contributed by atoms with Gasteiger partial charge in [0.15, 0.2) is 0 Å². The van der Waals surface area contributed by atoms with Crippen LogP contribution in [0.5, 0.6) is 0 Å². The zero-order chi connectivity index (χ0) is 13.0. The molecular weight excluding hydrogens is 230 g/mol. The molecule has 4 nitrogen and oxygen atoms in total. The molecule has 1 atom stereocenters. The van der Waals surface area contributed by atoms with Crippen molar-refractivity contribution >= 4 is 5.97 Å². The van der Waals surface area contributed by atoms with E-state index in [2.05, 4.69) is 11.8 Å². The lowest BCUT2D eigenvalue weighted by atomic mass is 9.74. The van der Waals surface area contributed by atoms with E-state index in [0.29, 0.717) is 6.04 Å². The van der Waals surface area contributed by atoms with Crippen molar-refractivity contribution in [1.82, 2.24) is 4.90 Å². The fourth-order valence-electron chi connectivity index (χ4n) is 3.38. The van der Waals surface area contributed by atoms with Crippen LogP contribution in [0.3, 0.4) is 0 Å². The van der Waals surface area contributed by atoms with Crippen LogP contribution in [0.1, 0.15) is 45.4 Å². The zero-order valence-corrected chi connectivity index (χ0v) is 11.4. The topological polar surface area (TPSA) is 49.8 Å². The van der Waals surface area contributed by atoms with E-state index >= 15 is 0 Å². The quantitative estimate of drug-likeness (QED) is 0.836. The number of hydrogen-bond donors (Lipinski definition) is 1. The summed E-state index contributed by atoms with van der Waals surface area (Å²) in [6, 6.07) is 0.521. The van der Waals surface area contributed by atoms with Gasteiger partial charge in [-0.25, -0.2) is 0 Å². The highest BCUT2D eigenvalue weighted by atomic mass is 16.5. The molecule has 0 aromatic heterocycles. The first-order chi connectivity index (χ1) is 8.68. The van der Waals surface area contributed by atoms with Crippen LogP contribution in [0.25, 0.3) is 0 Å². The standard InChI is InChI=1S/C14H25NO3/c1-2-5-14(13(16)17)6-8-15(9-7-14)12-4-3-10-18-11-12/h12H,2-11H2,1H3,(H,16,17). The predicted molar refractivity (Wildman–Crippen MR) is 69.6 cm³/mol. The Morgan fingerprint density at radius 1 is 1.44 bits per heavy atom. The molecule has 2 aliphatic heterocycles. The molecule has 2 aliphatic rings. The Morgan fingerprint density at radius 2 is 2.17 bits per heavy atom. The fourth-order valence-corrected chi connectivity index (χ4v) is 3.38. The third-order valence-corrected chi connectivity index (χ3v) is 4.59. The van der Waals surface area contributed by atoms with Gasteiger partial charge in [-0.05, 0) is 45.2 Å². The smallest absolute Gasteiger partial charge is 0.309 e. The summed E-state index contributed by atoms with van der Waals surface area (Å²) in [5.74, 6) is -0.594. The van der Waals surface area contributed by atoms with Crippen LogP contribution in [-0.2, 0) is 9.53 Å². The maximum Gasteiger partial charge on any atom is 0.309 e. The molecule has 0 saturated carbocycles. The summed E-state index contributed by atoms with van der Waals surface area (Å²) in [6.07, 6.45) is 5.71. The van der Waals surface area contributed by atoms with Crippen LogP contribution < -0.4 is 0 Å². The van der Waals surface area contributed by atoms with Crippen molar-refractivity contribution < 1.29 is 14.6 Å². The molecule has 2 heterocycles. The van der Waals surface area contributed by atoms with E-state index in [4.69, 9.17) is 4.74 Å². The predicted octanol–water partition coefficient (Wildman–Crippen LogP) is 2.13. The van der Waals surface area contributed by atoms with Gasteiger partial charge in [0.1, 0.15) is 0 Å². The Balaban J connectivity index is 1.91. The number of hydrogen-bond acceptors (Lipinski definition) is 3. The van der Waals surface area contributed by atoms with Crippen LogP contribution in [0.4, 0.5) is 0 Å². The molecule has 2 fully saturated rings. The van der Waals surface area contributed by atoms with Gasteiger partial charge in [-0.3, -0.25) is 9.69 Å². The molecular formula is C14H25NO3. The Bertz CT molecular complexity index is 279. The fraction of sp³-hybridized carbons (Fsp3) is 0.929. The molecule has 0 amide bonds. The second-order valence-corrected chi connectivity index (χ2v) is 5.74. The van der Waals surface area contributed by atoms with Crippen molar-refractivity contribution in [2.24, 2.45) is 5.41 Å². The number of ether oxygens (including phenoxy) is 1. The third-order valence-electron chi connectivity index (χ3n) is 4.59. The van der Waals surface area contributed by atoms with Crippen molar-refractivity contribution in [3.05, 3.63) is 0 Å². The molecule has 1 N–H and O–H groups in total. The zero-order valence-electron chi connectivity index (χ0n) is 11.4. The average Bonchev–Trinajstić information content (AvgIpc) is 2.41. The van der Waals surface area contributed by atoms with E-state index in [1.807, 2.05) is 0 Å². The molecule has 4 heteroatoms. The number of carboxylic acid groups (broad SMARTS) is 1. The Labute approximate surface area is 109 Å². The Hall–Kier alpha value is -0.610. The molecule has 18 heavy (non-hydrogen) atoms. The first kappa shape index (κ1) is 13.8. The average molecular weight is 255 g/mol. The molecule has 2 saturated heterocycles. The van der Waals surface area contributed by atoms with Crippen LogP contribution in [0.15, 0.2) is 0 Å². The summed E-state index contributed by atoms with van der Waals surface area (Å²) in [6.45, 7) is 5.62. The minimum atomic E-state index is -0.594. The van der Waals surface area contributed by atoms with Crippen molar-refractivity contribution in [3.8, 4) is 0 Å². The van der Waals surface area contributed by atoms with Gasteiger partial charge < -0.3 is 9.84 Å². The van der Waals surface area contributed by atoms with Gasteiger partial charge in [-0.15, -0.1) is 0 Å². The number of aliphatic carboxylic acids is 1. The van der Waals surface area contributed by atoms with E-state index in [1.165, 1.54) is 6.42 Å². The molecule has 104 valence electrons. The van der Waals surface area contributed by atoms with Crippen molar-refractivity contribution in [2.75, 3.05) is 26.3 Å². The molecule has 0 spiro atoms. The molecule has 0 aliphatic carbocycles. The number of carbonyl (C=O) groups is 1. The van der Waals surface area contributed by atoms with Crippen molar-refractivity contribution in [3.63, 3.8) is 0 Å². The summed E-state index contributed by atoms with van der Waals surface area (Å²) in [7, 11) is 0. The number of carboxylic acids is 1. The van der Waals surface area contributed by atoms with E-state index in [-0.39, 0.29) is 0 Å². The molecule has 1 unspecified atom stereocenters. The Kier molecular flexibility index (Phi) is 4.62. The van der Waals surface area contributed by atoms with E-state index in [9.17, 15) is 9.90 Å². The van der Waals surface area contributed by atoms with Gasteiger partial charge in [-0.1, -0.05) is 13.3 Å². The van der Waals surface area contributed by atoms with Crippen LogP contribution in [-0.4, -0.2) is 48.3 Å². The normalized spacial score (nSPS) is 29.1. The maximum atomic E-state index is 11.5. The highest BCUT2D eigenvalue weighted by Gasteiger charge is 2.41. The lowest BCUT2D eigenvalue weighted by Gasteiger charge is -2.43. The maximum absolute atomic E-state index is 11.5. The highest BCUT2D eigenvalue weighted by Crippen LogP contribution is 2.37. The van der Waals surface area contributed by atoms with Gasteiger partial charge in [-0.2, -0.15) is 0 Å². The number of likely N-dealkylation sites (tertiary alicyclic amines) is 1. The third kappa shape index (κ3) is 2.86. The summed E-state index contributed by atoms with van der Waals surface area (Å²) in [5, 5.41) is 9.47. The molecule has 0 radical (unpaired) electrons. The van der Waals surface area contributed by atoms with Crippen LogP contribution >= 0.6 is 0 Å². The molecule has 0 aromatic carbocycles. The first-order valence-corrected chi connectivity index (χ1v) is 7.23. The minimum absolute atomic E-state index is 0.458. The number of nitrogens with zero attached hydrogens (tertiary/aromatic N) is 1. The van der Waals surface area contributed by atoms with Crippen LogP contribution in [0, 0.1) is 5.41 Å². The highest BCUT2D eigenvalue weighted by molar-refractivity contribution is 5.74. The van der Waals surface area contributed by atoms with E-state index < -0.39 is 11.4 Å². The van der Waals surface area contributed by atoms with Gasteiger partial charge in [0.05, 0.1) is 12.0 Å². The summed E-state index contributed by atoms with van der Waals surface area (Å²) < 4.78 is 5.52. The second-order valence-electron chi connectivity index (χ2n) is 5.74. The van der Waals surface area contributed by atoms with Crippen molar-refractivity contribution in [1.29, 1.82) is 0 Å². The summed E-state index contributed by atoms with van der Waals surface area (Å²) in [4.78, 5) is 13.9. The summed E-state index contributed by atoms with van der Waals surface area (Å²) in [5.41, 5.74) is -0.458. The first-order valence-electron chi connectivity index (χ1n) is 7.23. The number of rotatable bonds is 4. The van der Waals surface area contributed by atoms with E-state index in [0.717, 1.165) is 58.4 Å². The van der Waals surface area contributed by atoms with E-state index in [1.54, 1.807) is 0 Å². The lowest BCUT2D eigenvalue weighted by molar-refractivity contribution is -0.153. The van der Waals surface area contributed by atoms with Crippen LogP contribution in [0.2, 0.25) is 0 Å². The molecule has 0 bridgehead atoms. The SMILES string of the molecule is CCCC1(C(=O)O)CCN(C2CCCOC2)CC1. The minimum Gasteiger partial charge on any atom is -0.481 e. The lowest BCUT2D eigenvalue weighted by Crippen LogP contribution is -2.50. The summed E-state index contributed by atoms with van der Waals surface area (Å²) >= 11 is 0. The Morgan fingerprint density at radius 3 is 2.67 bits per heavy atom. The monoisotopic (exact) mass is 255 g/mol. The molecule has 2 rings (SSSR count). The largest absolute Gasteiger partial charge is 0.481 e. The van der Waals surface area contributed by atoms with Gasteiger partial charge in [0.25, 0.3) is 0 Å². The van der Waals surface area contributed by atoms with Gasteiger partial charge in [0, 0.05) is 12.6 Å². The number of piperidine rings is 1. The second kappa shape index (κ2) is 6.02. The molecule has 0 aromatic rings. The van der Waals surface area contributed by atoms with Gasteiger partial charge in [0.2, 0.25) is 0 Å². The van der Waals surface area contributed by atoms with Crippen molar-refractivity contribution in [2.45, 2.75) is 51.5 Å². The van der Waals surface area contributed by atoms with Gasteiger partial charge >= 0.3 is 5.97 Å².